The summed E-state index contributed by atoms with van der Waals surface area (Å²) in [5.74, 6) is 1.35. The van der Waals surface area contributed by atoms with Crippen molar-refractivity contribution < 1.29 is 4.74 Å². The van der Waals surface area contributed by atoms with Crippen molar-refractivity contribution in [3.8, 4) is 0 Å². The summed E-state index contributed by atoms with van der Waals surface area (Å²) in [7, 11) is 0. The van der Waals surface area contributed by atoms with Gasteiger partial charge in [0.1, 0.15) is 0 Å². The fraction of sp³-hybridized carbons (Fsp3) is 0.500. The molecule has 9 heavy (non-hydrogen) atoms. The molecule has 0 spiro atoms. The lowest BCUT2D eigenvalue weighted by Gasteiger charge is -2.10. The average Bonchev–Trinajstić information content (AvgIpc) is 2.33. The normalized spacial score (nSPS) is 39.1. The Labute approximate surface area is 55.0 Å². The monoisotopic (exact) mass is 122 g/mol. The summed E-state index contributed by atoms with van der Waals surface area (Å²) in [6, 6.07) is 0. The predicted molar refractivity (Wildman–Crippen MR) is 36.1 cm³/mol. The molecular weight excluding hydrogens is 112 g/mol. The van der Waals surface area contributed by atoms with Crippen LogP contribution < -0.4 is 0 Å². The first-order chi connectivity index (χ1) is 4.47. The SMILES string of the molecule is C1=CC2COCC2C=C1. The highest BCUT2D eigenvalue weighted by Gasteiger charge is 2.24. The van der Waals surface area contributed by atoms with Gasteiger partial charge in [0.05, 0.1) is 13.2 Å². The molecule has 1 heterocycles. The first-order valence-corrected chi connectivity index (χ1v) is 3.39. The third-order valence-electron chi connectivity index (χ3n) is 2.00. The highest BCUT2D eigenvalue weighted by Crippen LogP contribution is 2.25. The Balaban J connectivity index is 2.18. The van der Waals surface area contributed by atoms with Crippen LogP contribution in [0.2, 0.25) is 0 Å². The molecule has 0 aromatic rings. The van der Waals surface area contributed by atoms with Crippen LogP contribution in [0.3, 0.4) is 0 Å². The molecular formula is C8H10O. The Morgan fingerprint density at radius 1 is 1.00 bits per heavy atom. The second kappa shape index (κ2) is 1.99. The minimum absolute atomic E-state index is 0.676. The molecule has 1 nitrogen and oxygen atoms in total. The van der Waals surface area contributed by atoms with Gasteiger partial charge in [0.25, 0.3) is 0 Å². The van der Waals surface area contributed by atoms with Gasteiger partial charge in [-0.1, -0.05) is 24.3 Å². The van der Waals surface area contributed by atoms with Gasteiger partial charge in [0, 0.05) is 11.8 Å². The van der Waals surface area contributed by atoms with Crippen molar-refractivity contribution >= 4 is 0 Å². The molecule has 2 unspecified atom stereocenters. The van der Waals surface area contributed by atoms with E-state index in [1.54, 1.807) is 0 Å². The zero-order chi connectivity index (χ0) is 6.10. The van der Waals surface area contributed by atoms with E-state index in [2.05, 4.69) is 24.3 Å². The van der Waals surface area contributed by atoms with Crippen molar-refractivity contribution in [3.05, 3.63) is 24.3 Å². The zero-order valence-corrected chi connectivity index (χ0v) is 5.29. The second-order valence-corrected chi connectivity index (χ2v) is 2.63. The molecule has 0 aromatic heterocycles. The number of ether oxygens (including phenoxy) is 1. The molecule has 2 atom stereocenters. The van der Waals surface area contributed by atoms with E-state index in [9.17, 15) is 0 Å². The van der Waals surface area contributed by atoms with E-state index in [1.807, 2.05) is 0 Å². The van der Waals surface area contributed by atoms with Gasteiger partial charge in [-0.05, 0) is 0 Å². The fourth-order valence-electron chi connectivity index (χ4n) is 1.40. The standard InChI is InChI=1S/C8H10O/c1-2-4-8-6-9-5-7(8)3-1/h1-4,7-8H,5-6H2. The maximum absolute atomic E-state index is 5.29. The summed E-state index contributed by atoms with van der Waals surface area (Å²) in [5.41, 5.74) is 0. The molecule has 0 amide bonds. The van der Waals surface area contributed by atoms with Crippen LogP contribution in [0.4, 0.5) is 0 Å². The topological polar surface area (TPSA) is 9.23 Å². The summed E-state index contributed by atoms with van der Waals surface area (Å²) in [5, 5.41) is 0. The molecule has 48 valence electrons. The fourth-order valence-corrected chi connectivity index (χ4v) is 1.40. The van der Waals surface area contributed by atoms with E-state index in [4.69, 9.17) is 4.74 Å². The van der Waals surface area contributed by atoms with Crippen molar-refractivity contribution in [2.75, 3.05) is 13.2 Å². The van der Waals surface area contributed by atoms with E-state index >= 15 is 0 Å². The van der Waals surface area contributed by atoms with E-state index < -0.39 is 0 Å². The third kappa shape index (κ3) is 0.815. The first kappa shape index (κ1) is 5.24. The lowest BCUT2D eigenvalue weighted by Crippen LogP contribution is -2.08. The predicted octanol–water partition coefficient (Wildman–Crippen LogP) is 1.38. The van der Waals surface area contributed by atoms with Crippen molar-refractivity contribution in [1.29, 1.82) is 0 Å². The number of hydrogen-bond acceptors (Lipinski definition) is 1. The van der Waals surface area contributed by atoms with Gasteiger partial charge in [-0.3, -0.25) is 0 Å². The molecule has 1 aliphatic heterocycles. The quantitative estimate of drug-likeness (QED) is 0.471. The van der Waals surface area contributed by atoms with Gasteiger partial charge in [-0.25, -0.2) is 0 Å². The van der Waals surface area contributed by atoms with Gasteiger partial charge in [0.2, 0.25) is 0 Å². The molecule has 0 radical (unpaired) electrons. The molecule has 0 saturated carbocycles. The third-order valence-corrected chi connectivity index (χ3v) is 2.00. The van der Waals surface area contributed by atoms with Crippen LogP contribution in [0.15, 0.2) is 24.3 Å². The Hall–Kier alpha value is -0.560. The second-order valence-electron chi connectivity index (χ2n) is 2.63. The van der Waals surface area contributed by atoms with E-state index in [-0.39, 0.29) is 0 Å². The van der Waals surface area contributed by atoms with Crippen molar-refractivity contribution in [2.24, 2.45) is 11.8 Å². The van der Waals surface area contributed by atoms with E-state index in [0.29, 0.717) is 11.8 Å². The number of allylic oxidation sites excluding steroid dienone is 2. The van der Waals surface area contributed by atoms with Crippen LogP contribution in [0.5, 0.6) is 0 Å². The summed E-state index contributed by atoms with van der Waals surface area (Å²) in [6.07, 6.45) is 8.68. The maximum Gasteiger partial charge on any atom is 0.0535 e. The van der Waals surface area contributed by atoms with Gasteiger partial charge in [0.15, 0.2) is 0 Å². The van der Waals surface area contributed by atoms with Crippen molar-refractivity contribution in [2.45, 2.75) is 0 Å². The largest absolute Gasteiger partial charge is 0.380 e. The molecule has 1 heteroatoms. The van der Waals surface area contributed by atoms with Crippen LogP contribution in [-0.4, -0.2) is 13.2 Å². The lowest BCUT2D eigenvalue weighted by atomic mass is 9.92. The van der Waals surface area contributed by atoms with E-state index in [0.717, 1.165) is 13.2 Å². The zero-order valence-electron chi connectivity index (χ0n) is 5.29. The number of hydrogen-bond donors (Lipinski definition) is 0. The number of fused-ring (bicyclic) bond motifs is 1. The molecule has 2 aliphatic rings. The van der Waals surface area contributed by atoms with Gasteiger partial charge >= 0.3 is 0 Å². The Bertz CT molecular complexity index is 140. The van der Waals surface area contributed by atoms with Gasteiger partial charge < -0.3 is 4.74 Å². The molecule has 1 fully saturated rings. The van der Waals surface area contributed by atoms with E-state index in [1.165, 1.54) is 0 Å². The highest BCUT2D eigenvalue weighted by atomic mass is 16.5. The van der Waals surface area contributed by atoms with Crippen LogP contribution in [0.25, 0.3) is 0 Å². The van der Waals surface area contributed by atoms with Crippen molar-refractivity contribution in [1.82, 2.24) is 0 Å². The van der Waals surface area contributed by atoms with Crippen LogP contribution >= 0.6 is 0 Å². The summed E-state index contributed by atoms with van der Waals surface area (Å²) in [4.78, 5) is 0. The summed E-state index contributed by atoms with van der Waals surface area (Å²) >= 11 is 0. The molecule has 1 saturated heterocycles. The molecule has 0 aromatic carbocycles. The number of rotatable bonds is 0. The molecule has 0 N–H and O–H groups in total. The molecule has 0 bridgehead atoms. The summed E-state index contributed by atoms with van der Waals surface area (Å²) in [6.45, 7) is 1.84. The van der Waals surface area contributed by atoms with Gasteiger partial charge in [-0.15, -0.1) is 0 Å². The maximum atomic E-state index is 5.29. The average molecular weight is 122 g/mol. The highest BCUT2D eigenvalue weighted by molar-refractivity contribution is 5.15. The van der Waals surface area contributed by atoms with Crippen LogP contribution in [0, 0.1) is 11.8 Å². The van der Waals surface area contributed by atoms with Crippen molar-refractivity contribution in [3.63, 3.8) is 0 Å². The summed E-state index contributed by atoms with van der Waals surface area (Å²) < 4.78 is 5.29. The first-order valence-electron chi connectivity index (χ1n) is 3.39. The van der Waals surface area contributed by atoms with Crippen LogP contribution in [-0.2, 0) is 4.74 Å². The Morgan fingerprint density at radius 3 is 2.11 bits per heavy atom. The lowest BCUT2D eigenvalue weighted by molar-refractivity contribution is 0.187. The Kier molecular flexibility index (Phi) is 1.16. The molecule has 1 aliphatic carbocycles. The van der Waals surface area contributed by atoms with Gasteiger partial charge in [-0.2, -0.15) is 0 Å². The minimum Gasteiger partial charge on any atom is -0.380 e. The molecule has 2 rings (SSSR count). The minimum atomic E-state index is 0.676. The smallest absolute Gasteiger partial charge is 0.0535 e. The van der Waals surface area contributed by atoms with Crippen LogP contribution in [0.1, 0.15) is 0 Å². The Morgan fingerprint density at radius 2 is 1.56 bits per heavy atom.